The molecule has 0 amide bonds. The van der Waals surface area contributed by atoms with E-state index in [1.165, 1.54) is 9.21 Å². The Balaban J connectivity index is 1.71. The van der Waals surface area contributed by atoms with Gasteiger partial charge in [-0.3, -0.25) is 0 Å². The lowest BCUT2D eigenvalue weighted by atomic mass is 10.1. The minimum absolute atomic E-state index is 0.0900. The molecule has 0 aromatic heterocycles. The van der Waals surface area contributed by atoms with Crippen molar-refractivity contribution in [3.8, 4) is 6.07 Å². The standard InChI is InChI=1S/C18H17F2N3O2S/c19-16-10-15(12-21)11-17(20)18(16)22-6-8-23(9-7-22)26(24,25)13-14-4-2-1-3-5-14/h1-5,10-11H,6-9,13H2. The van der Waals surface area contributed by atoms with Crippen molar-refractivity contribution >= 4 is 15.7 Å². The van der Waals surface area contributed by atoms with E-state index in [-0.39, 0.29) is 43.2 Å². The van der Waals surface area contributed by atoms with Crippen molar-refractivity contribution in [3.05, 3.63) is 65.2 Å². The fraction of sp³-hybridized carbons (Fsp3) is 0.278. The molecule has 26 heavy (non-hydrogen) atoms. The first-order valence-corrected chi connectivity index (χ1v) is 9.67. The van der Waals surface area contributed by atoms with Crippen molar-refractivity contribution in [1.29, 1.82) is 5.26 Å². The average Bonchev–Trinajstić information content (AvgIpc) is 2.62. The third kappa shape index (κ3) is 3.84. The molecule has 1 saturated heterocycles. The summed E-state index contributed by atoms with van der Waals surface area (Å²) in [6, 6.07) is 12.5. The molecule has 2 aromatic carbocycles. The molecule has 0 bridgehead atoms. The van der Waals surface area contributed by atoms with Crippen LogP contribution in [0.25, 0.3) is 0 Å². The van der Waals surface area contributed by atoms with Crippen LogP contribution < -0.4 is 4.90 Å². The highest BCUT2D eigenvalue weighted by Gasteiger charge is 2.29. The van der Waals surface area contributed by atoms with Crippen LogP contribution in [0.5, 0.6) is 0 Å². The van der Waals surface area contributed by atoms with E-state index in [0.29, 0.717) is 5.56 Å². The number of benzene rings is 2. The largest absolute Gasteiger partial charge is 0.364 e. The van der Waals surface area contributed by atoms with Gasteiger partial charge in [0.15, 0.2) is 11.6 Å². The molecule has 136 valence electrons. The molecule has 0 spiro atoms. The number of nitriles is 1. The number of sulfonamides is 1. The minimum atomic E-state index is -3.50. The molecule has 1 heterocycles. The molecule has 0 aliphatic carbocycles. The molecule has 0 unspecified atom stereocenters. The molecular formula is C18H17F2N3O2S. The van der Waals surface area contributed by atoms with Gasteiger partial charge in [0.1, 0.15) is 5.69 Å². The summed E-state index contributed by atoms with van der Waals surface area (Å²) in [6.45, 7) is 0.642. The zero-order chi connectivity index (χ0) is 18.7. The molecule has 0 radical (unpaired) electrons. The predicted molar refractivity (Wildman–Crippen MR) is 93.9 cm³/mol. The first kappa shape index (κ1) is 18.3. The van der Waals surface area contributed by atoms with E-state index in [9.17, 15) is 17.2 Å². The molecule has 1 fully saturated rings. The molecule has 1 aliphatic rings. The summed E-state index contributed by atoms with van der Waals surface area (Å²) < 4.78 is 54.7. The molecule has 1 aliphatic heterocycles. The Morgan fingerprint density at radius 2 is 1.58 bits per heavy atom. The summed E-state index contributed by atoms with van der Waals surface area (Å²) in [5.74, 6) is -1.74. The summed E-state index contributed by atoms with van der Waals surface area (Å²) in [4.78, 5) is 1.47. The van der Waals surface area contributed by atoms with E-state index in [2.05, 4.69) is 0 Å². The molecule has 8 heteroatoms. The van der Waals surface area contributed by atoms with Gasteiger partial charge < -0.3 is 4.90 Å². The second kappa shape index (κ2) is 7.40. The van der Waals surface area contributed by atoms with E-state index in [4.69, 9.17) is 5.26 Å². The summed E-state index contributed by atoms with van der Waals surface area (Å²) in [5, 5.41) is 8.76. The smallest absolute Gasteiger partial charge is 0.218 e. The molecule has 0 atom stereocenters. The van der Waals surface area contributed by atoms with Gasteiger partial charge in [-0.15, -0.1) is 0 Å². The normalized spacial score (nSPS) is 15.7. The lowest BCUT2D eigenvalue weighted by Gasteiger charge is -2.35. The Kier molecular flexibility index (Phi) is 5.20. The highest BCUT2D eigenvalue weighted by Crippen LogP contribution is 2.26. The molecule has 0 saturated carbocycles. The van der Waals surface area contributed by atoms with Gasteiger partial charge in [-0.1, -0.05) is 30.3 Å². The monoisotopic (exact) mass is 377 g/mol. The quantitative estimate of drug-likeness (QED) is 0.821. The van der Waals surface area contributed by atoms with Crippen LogP contribution in [0.1, 0.15) is 11.1 Å². The van der Waals surface area contributed by atoms with Crippen LogP contribution in [0.4, 0.5) is 14.5 Å². The molecular weight excluding hydrogens is 360 g/mol. The van der Waals surface area contributed by atoms with Crippen LogP contribution in [0, 0.1) is 23.0 Å². The first-order chi connectivity index (χ1) is 12.4. The fourth-order valence-corrected chi connectivity index (χ4v) is 4.51. The first-order valence-electron chi connectivity index (χ1n) is 8.06. The third-order valence-corrected chi connectivity index (χ3v) is 6.14. The van der Waals surface area contributed by atoms with E-state index < -0.39 is 21.7 Å². The molecule has 5 nitrogen and oxygen atoms in total. The number of nitrogens with zero attached hydrogens (tertiary/aromatic N) is 3. The summed E-state index contributed by atoms with van der Waals surface area (Å²) in [6.07, 6.45) is 0. The van der Waals surface area contributed by atoms with Gasteiger partial charge in [0.2, 0.25) is 10.0 Å². The Morgan fingerprint density at radius 1 is 1.00 bits per heavy atom. The predicted octanol–water partition coefficient (Wildman–Crippen LogP) is 2.49. The Labute approximate surface area is 151 Å². The van der Waals surface area contributed by atoms with Crippen molar-refractivity contribution in [2.24, 2.45) is 0 Å². The Morgan fingerprint density at radius 3 is 2.12 bits per heavy atom. The number of halogens is 2. The van der Waals surface area contributed by atoms with Crippen LogP contribution in [-0.4, -0.2) is 38.9 Å². The van der Waals surface area contributed by atoms with Crippen LogP contribution >= 0.6 is 0 Å². The average molecular weight is 377 g/mol. The van der Waals surface area contributed by atoms with Crippen molar-refractivity contribution in [2.75, 3.05) is 31.1 Å². The maximum Gasteiger partial charge on any atom is 0.218 e. The van der Waals surface area contributed by atoms with Crippen LogP contribution in [0.15, 0.2) is 42.5 Å². The number of anilines is 1. The SMILES string of the molecule is N#Cc1cc(F)c(N2CCN(S(=O)(=O)Cc3ccccc3)CC2)c(F)c1. The van der Waals surface area contributed by atoms with Crippen LogP contribution in [0.2, 0.25) is 0 Å². The molecule has 0 N–H and O–H groups in total. The van der Waals surface area contributed by atoms with Crippen molar-refractivity contribution in [3.63, 3.8) is 0 Å². The van der Waals surface area contributed by atoms with E-state index >= 15 is 0 Å². The maximum atomic E-state index is 14.1. The highest BCUT2D eigenvalue weighted by molar-refractivity contribution is 7.88. The highest BCUT2D eigenvalue weighted by atomic mass is 32.2. The van der Waals surface area contributed by atoms with Crippen molar-refractivity contribution in [2.45, 2.75) is 5.75 Å². The number of hydrogen-bond acceptors (Lipinski definition) is 4. The van der Waals surface area contributed by atoms with Crippen molar-refractivity contribution < 1.29 is 17.2 Å². The van der Waals surface area contributed by atoms with Crippen LogP contribution in [0.3, 0.4) is 0 Å². The zero-order valence-corrected chi connectivity index (χ0v) is 14.7. The number of rotatable bonds is 4. The third-order valence-electron chi connectivity index (χ3n) is 4.29. The Hall–Kier alpha value is -2.50. The molecule has 2 aromatic rings. The second-order valence-electron chi connectivity index (χ2n) is 6.03. The maximum absolute atomic E-state index is 14.1. The number of hydrogen-bond donors (Lipinski definition) is 0. The summed E-state index contributed by atoms with van der Waals surface area (Å²) >= 11 is 0. The zero-order valence-electron chi connectivity index (χ0n) is 13.9. The molecule has 3 rings (SSSR count). The van der Waals surface area contributed by atoms with Gasteiger partial charge in [0.05, 0.1) is 17.4 Å². The van der Waals surface area contributed by atoms with Gasteiger partial charge in [0, 0.05) is 26.2 Å². The minimum Gasteiger partial charge on any atom is -0.364 e. The van der Waals surface area contributed by atoms with Gasteiger partial charge >= 0.3 is 0 Å². The number of piperazine rings is 1. The van der Waals surface area contributed by atoms with Gasteiger partial charge in [-0.05, 0) is 17.7 Å². The van der Waals surface area contributed by atoms with Gasteiger partial charge in [0.25, 0.3) is 0 Å². The van der Waals surface area contributed by atoms with Gasteiger partial charge in [-0.25, -0.2) is 17.2 Å². The Bertz CT molecular complexity index is 912. The summed E-state index contributed by atoms with van der Waals surface area (Å²) in [7, 11) is -3.50. The lowest BCUT2D eigenvalue weighted by Crippen LogP contribution is -2.49. The van der Waals surface area contributed by atoms with Crippen molar-refractivity contribution in [1.82, 2.24) is 4.31 Å². The fourth-order valence-electron chi connectivity index (χ4n) is 3.00. The van der Waals surface area contributed by atoms with E-state index in [1.807, 2.05) is 6.07 Å². The lowest BCUT2D eigenvalue weighted by molar-refractivity contribution is 0.380. The van der Waals surface area contributed by atoms with Crippen LogP contribution in [-0.2, 0) is 15.8 Å². The second-order valence-corrected chi connectivity index (χ2v) is 8.00. The van der Waals surface area contributed by atoms with E-state index in [0.717, 1.165) is 12.1 Å². The summed E-state index contributed by atoms with van der Waals surface area (Å²) in [5.41, 5.74) is 0.385. The van der Waals surface area contributed by atoms with E-state index in [1.54, 1.807) is 30.3 Å². The topological polar surface area (TPSA) is 64.4 Å². The van der Waals surface area contributed by atoms with Gasteiger partial charge in [-0.2, -0.15) is 9.57 Å².